The van der Waals surface area contributed by atoms with Crippen molar-refractivity contribution in [1.29, 1.82) is 5.26 Å². The fourth-order valence-electron chi connectivity index (χ4n) is 2.36. The normalized spacial score (nSPS) is 13.7. The molecule has 3 heterocycles. The number of nitriles is 1. The van der Waals surface area contributed by atoms with Crippen molar-refractivity contribution in [2.75, 3.05) is 18.5 Å². The van der Waals surface area contributed by atoms with Crippen LogP contribution in [-0.2, 0) is 13.0 Å². The van der Waals surface area contributed by atoms with Gasteiger partial charge in [0.15, 0.2) is 0 Å². The molecule has 0 aromatic carbocycles. The highest BCUT2D eigenvalue weighted by Gasteiger charge is 2.21. The van der Waals surface area contributed by atoms with Crippen molar-refractivity contribution < 1.29 is 4.42 Å². The van der Waals surface area contributed by atoms with Crippen molar-refractivity contribution in [1.82, 2.24) is 15.3 Å². The van der Waals surface area contributed by atoms with Crippen molar-refractivity contribution >= 4 is 11.7 Å². The van der Waals surface area contributed by atoms with E-state index in [2.05, 4.69) is 15.3 Å². The molecule has 2 aromatic heterocycles. The van der Waals surface area contributed by atoms with Crippen LogP contribution in [-0.4, -0.2) is 23.6 Å². The van der Waals surface area contributed by atoms with Crippen LogP contribution in [0, 0.1) is 18.3 Å². The van der Waals surface area contributed by atoms with Gasteiger partial charge in [0, 0.05) is 38.2 Å². The Kier molecular flexibility index (Phi) is 3.12. The van der Waals surface area contributed by atoms with E-state index < -0.39 is 0 Å². The lowest BCUT2D eigenvalue weighted by molar-refractivity contribution is 0.535. The van der Waals surface area contributed by atoms with E-state index in [-0.39, 0.29) is 5.82 Å². The molecular formula is C14H15N5O. The van der Waals surface area contributed by atoms with Gasteiger partial charge in [-0.3, -0.25) is 4.90 Å². The van der Waals surface area contributed by atoms with Gasteiger partial charge in [-0.15, -0.1) is 0 Å². The quantitative estimate of drug-likeness (QED) is 0.893. The molecule has 1 aliphatic heterocycles. The summed E-state index contributed by atoms with van der Waals surface area (Å²) in [5.74, 6) is 2.48. The zero-order valence-electron chi connectivity index (χ0n) is 11.5. The summed E-state index contributed by atoms with van der Waals surface area (Å²) >= 11 is 0. The van der Waals surface area contributed by atoms with Crippen LogP contribution in [0.15, 0.2) is 16.5 Å². The molecule has 102 valence electrons. The highest BCUT2D eigenvalue weighted by Crippen LogP contribution is 2.29. The van der Waals surface area contributed by atoms with Crippen LogP contribution >= 0.6 is 0 Å². The van der Waals surface area contributed by atoms with Crippen LogP contribution in [0.4, 0.5) is 11.7 Å². The summed E-state index contributed by atoms with van der Waals surface area (Å²) < 4.78 is 5.63. The molecule has 0 saturated heterocycles. The Morgan fingerprint density at radius 2 is 2.25 bits per heavy atom. The first-order chi connectivity index (χ1) is 9.69. The first kappa shape index (κ1) is 12.6. The Morgan fingerprint density at radius 1 is 1.40 bits per heavy atom. The minimum absolute atomic E-state index is 0.204. The Bertz CT molecular complexity index is 685. The number of hydrogen-bond acceptors (Lipinski definition) is 6. The fourth-order valence-corrected chi connectivity index (χ4v) is 2.36. The molecule has 0 bridgehead atoms. The molecule has 1 N–H and O–H groups in total. The minimum atomic E-state index is 0.204. The zero-order valence-corrected chi connectivity index (χ0v) is 11.5. The van der Waals surface area contributed by atoms with Crippen LogP contribution in [0.1, 0.15) is 22.8 Å². The number of nitrogens with zero attached hydrogens (tertiary/aromatic N) is 4. The summed E-state index contributed by atoms with van der Waals surface area (Å²) in [4.78, 5) is 10.5. The standard InChI is InChI=1S/C14H15N5O/c1-9-3-4-13(20-9)19(2)14-10-8-16-6-5-11(10)17-12(7-15)18-14/h3-4,16H,5-6,8H2,1-2H3. The molecule has 20 heavy (non-hydrogen) atoms. The van der Waals surface area contributed by atoms with Crippen LogP contribution in [0.5, 0.6) is 0 Å². The average molecular weight is 269 g/mol. The summed E-state index contributed by atoms with van der Waals surface area (Å²) in [5.41, 5.74) is 1.98. The predicted octanol–water partition coefficient (Wildman–Crippen LogP) is 1.66. The monoisotopic (exact) mass is 269 g/mol. The van der Waals surface area contributed by atoms with E-state index in [4.69, 9.17) is 9.68 Å². The smallest absolute Gasteiger partial charge is 0.234 e. The van der Waals surface area contributed by atoms with Gasteiger partial charge in [-0.25, -0.2) is 9.97 Å². The lowest BCUT2D eigenvalue weighted by Crippen LogP contribution is -2.28. The Morgan fingerprint density at radius 3 is 2.95 bits per heavy atom. The third-order valence-corrected chi connectivity index (χ3v) is 3.39. The summed E-state index contributed by atoms with van der Waals surface area (Å²) in [5, 5.41) is 12.4. The number of hydrogen-bond donors (Lipinski definition) is 1. The molecule has 3 rings (SSSR count). The molecule has 0 saturated carbocycles. The van der Waals surface area contributed by atoms with Crippen LogP contribution < -0.4 is 10.2 Å². The second-order valence-corrected chi connectivity index (χ2v) is 4.78. The van der Waals surface area contributed by atoms with Crippen LogP contribution in [0.25, 0.3) is 0 Å². The zero-order chi connectivity index (χ0) is 14.1. The number of furan rings is 1. The summed E-state index contributed by atoms with van der Waals surface area (Å²) in [6.07, 6.45) is 0.810. The van der Waals surface area contributed by atoms with Crippen molar-refractivity contribution in [2.24, 2.45) is 0 Å². The number of anilines is 2. The SMILES string of the molecule is Cc1ccc(N(C)c2nc(C#N)nc3c2CNCC3)o1. The first-order valence-corrected chi connectivity index (χ1v) is 6.50. The third kappa shape index (κ3) is 2.12. The second kappa shape index (κ2) is 4.94. The number of nitrogens with one attached hydrogen (secondary N) is 1. The number of aromatic nitrogens is 2. The van der Waals surface area contributed by atoms with E-state index >= 15 is 0 Å². The summed E-state index contributed by atoms with van der Waals surface area (Å²) in [7, 11) is 1.89. The van der Waals surface area contributed by atoms with Gasteiger partial charge in [-0.05, 0) is 13.0 Å². The molecular weight excluding hydrogens is 254 g/mol. The lowest BCUT2D eigenvalue weighted by atomic mass is 10.1. The topological polar surface area (TPSA) is 78.0 Å². The highest BCUT2D eigenvalue weighted by atomic mass is 16.4. The molecule has 0 aliphatic carbocycles. The molecule has 6 nitrogen and oxygen atoms in total. The highest BCUT2D eigenvalue weighted by molar-refractivity contribution is 5.60. The van der Waals surface area contributed by atoms with Gasteiger partial charge in [-0.2, -0.15) is 5.26 Å². The maximum atomic E-state index is 9.09. The molecule has 0 atom stereocenters. The molecule has 0 amide bonds. The van der Waals surface area contributed by atoms with Gasteiger partial charge >= 0.3 is 0 Å². The molecule has 0 fully saturated rings. The summed E-state index contributed by atoms with van der Waals surface area (Å²) in [6, 6.07) is 5.83. The number of rotatable bonds is 2. The van der Waals surface area contributed by atoms with E-state index in [0.29, 0.717) is 12.4 Å². The fraction of sp³-hybridized carbons (Fsp3) is 0.357. The maximum absolute atomic E-state index is 9.09. The molecule has 0 radical (unpaired) electrons. The van der Waals surface area contributed by atoms with Gasteiger partial charge < -0.3 is 9.73 Å². The summed E-state index contributed by atoms with van der Waals surface area (Å²) in [6.45, 7) is 3.48. The second-order valence-electron chi connectivity index (χ2n) is 4.78. The molecule has 6 heteroatoms. The van der Waals surface area contributed by atoms with E-state index in [1.807, 2.05) is 37.1 Å². The van der Waals surface area contributed by atoms with Gasteiger partial charge in [0.05, 0.1) is 5.69 Å². The van der Waals surface area contributed by atoms with E-state index in [0.717, 1.165) is 35.8 Å². The van der Waals surface area contributed by atoms with Crippen molar-refractivity contribution in [3.63, 3.8) is 0 Å². The molecule has 0 unspecified atom stereocenters. The van der Waals surface area contributed by atoms with Crippen LogP contribution in [0.2, 0.25) is 0 Å². The average Bonchev–Trinajstić information content (AvgIpc) is 2.92. The van der Waals surface area contributed by atoms with Gasteiger partial charge in [-0.1, -0.05) is 0 Å². The lowest BCUT2D eigenvalue weighted by Gasteiger charge is -2.23. The minimum Gasteiger partial charge on any atom is -0.445 e. The number of fused-ring (bicyclic) bond motifs is 1. The van der Waals surface area contributed by atoms with Gasteiger partial charge in [0.1, 0.15) is 17.6 Å². The van der Waals surface area contributed by atoms with Crippen molar-refractivity contribution in [3.05, 3.63) is 35.0 Å². The Labute approximate surface area is 117 Å². The molecule has 1 aliphatic rings. The van der Waals surface area contributed by atoms with E-state index in [1.165, 1.54) is 0 Å². The number of aryl methyl sites for hydroxylation is 1. The maximum Gasteiger partial charge on any atom is 0.234 e. The van der Waals surface area contributed by atoms with Gasteiger partial charge in [0.2, 0.25) is 11.7 Å². The van der Waals surface area contributed by atoms with E-state index in [9.17, 15) is 0 Å². The van der Waals surface area contributed by atoms with Gasteiger partial charge in [0.25, 0.3) is 0 Å². The predicted molar refractivity (Wildman–Crippen MR) is 73.7 cm³/mol. The van der Waals surface area contributed by atoms with Crippen molar-refractivity contribution in [3.8, 4) is 6.07 Å². The van der Waals surface area contributed by atoms with Crippen molar-refractivity contribution in [2.45, 2.75) is 19.9 Å². The van der Waals surface area contributed by atoms with Crippen LogP contribution in [0.3, 0.4) is 0 Å². The largest absolute Gasteiger partial charge is 0.445 e. The molecule has 0 spiro atoms. The Hall–Kier alpha value is -2.39. The molecule has 2 aromatic rings. The van der Waals surface area contributed by atoms with E-state index in [1.54, 1.807) is 0 Å². The third-order valence-electron chi connectivity index (χ3n) is 3.39. The Balaban J connectivity index is 2.10. The first-order valence-electron chi connectivity index (χ1n) is 6.50.